The number of rotatable bonds is 6. The number of ether oxygens (including phenoxy) is 2. The number of aliphatic hydroxyl groups excluding tert-OH is 1. The van der Waals surface area contributed by atoms with Gasteiger partial charge in [0.25, 0.3) is 0 Å². The lowest BCUT2D eigenvalue weighted by Crippen LogP contribution is -2.34. The predicted molar refractivity (Wildman–Crippen MR) is 85.3 cm³/mol. The van der Waals surface area contributed by atoms with Gasteiger partial charge in [-0.2, -0.15) is 0 Å². The van der Waals surface area contributed by atoms with Gasteiger partial charge in [0.1, 0.15) is 0 Å². The van der Waals surface area contributed by atoms with Gasteiger partial charge in [-0.1, -0.05) is 6.07 Å². The molecule has 5 nitrogen and oxygen atoms in total. The van der Waals surface area contributed by atoms with E-state index in [0.717, 1.165) is 43.1 Å². The van der Waals surface area contributed by atoms with Crippen molar-refractivity contribution in [3.8, 4) is 11.5 Å². The normalized spacial score (nSPS) is 23.1. The van der Waals surface area contributed by atoms with E-state index < -0.39 is 5.60 Å². The molecule has 1 fully saturated rings. The molecule has 0 radical (unpaired) electrons. The fourth-order valence-electron chi connectivity index (χ4n) is 2.89. The molecular weight excluding hydrogens is 282 g/mol. The highest BCUT2D eigenvalue weighted by molar-refractivity contribution is 5.42. The van der Waals surface area contributed by atoms with Crippen LogP contribution in [-0.4, -0.2) is 54.1 Å². The Morgan fingerprint density at radius 2 is 2.05 bits per heavy atom. The van der Waals surface area contributed by atoms with Gasteiger partial charge in [0.05, 0.1) is 25.9 Å². The topological polar surface area (TPSA) is 62.2 Å². The molecule has 1 aromatic rings. The maximum absolute atomic E-state index is 10.2. The molecular formula is C17H27NO4. The molecule has 0 saturated carbocycles. The van der Waals surface area contributed by atoms with Crippen molar-refractivity contribution in [3.63, 3.8) is 0 Å². The quantitative estimate of drug-likeness (QED) is 0.839. The zero-order valence-electron chi connectivity index (χ0n) is 13.5. The second-order valence-corrected chi connectivity index (χ2v) is 5.93. The Balaban J connectivity index is 2.01. The van der Waals surface area contributed by atoms with Gasteiger partial charge in [-0.3, -0.25) is 4.90 Å². The molecule has 2 N–H and O–H groups in total. The van der Waals surface area contributed by atoms with Gasteiger partial charge < -0.3 is 19.7 Å². The lowest BCUT2D eigenvalue weighted by Gasteiger charge is -2.24. The Hall–Kier alpha value is -1.30. The molecule has 0 aromatic heterocycles. The number of methoxy groups -OCH3 is 1. The summed E-state index contributed by atoms with van der Waals surface area (Å²) in [5.41, 5.74) is 0.250. The molecule has 5 heteroatoms. The Morgan fingerprint density at radius 1 is 1.23 bits per heavy atom. The van der Waals surface area contributed by atoms with Crippen LogP contribution in [-0.2, 0) is 6.54 Å². The molecule has 124 valence electrons. The highest BCUT2D eigenvalue weighted by Gasteiger charge is 2.29. The van der Waals surface area contributed by atoms with E-state index in [1.54, 1.807) is 7.11 Å². The summed E-state index contributed by atoms with van der Waals surface area (Å²) in [7, 11) is 1.65. The van der Waals surface area contributed by atoms with Crippen LogP contribution in [0.4, 0.5) is 0 Å². The van der Waals surface area contributed by atoms with Crippen molar-refractivity contribution in [1.29, 1.82) is 0 Å². The molecule has 0 spiro atoms. The molecule has 1 heterocycles. The maximum atomic E-state index is 10.2. The van der Waals surface area contributed by atoms with Gasteiger partial charge in [0, 0.05) is 13.1 Å². The fraction of sp³-hybridized carbons (Fsp3) is 0.647. The molecule has 1 aliphatic rings. The molecule has 0 amide bonds. The van der Waals surface area contributed by atoms with Gasteiger partial charge in [-0.15, -0.1) is 0 Å². The third kappa shape index (κ3) is 4.35. The highest BCUT2D eigenvalue weighted by atomic mass is 16.5. The van der Waals surface area contributed by atoms with E-state index >= 15 is 0 Å². The Morgan fingerprint density at radius 3 is 2.73 bits per heavy atom. The number of nitrogens with zero attached hydrogens (tertiary/aromatic N) is 1. The molecule has 2 rings (SSSR count). The first-order valence-electron chi connectivity index (χ1n) is 7.95. The second-order valence-electron chi connectivity index (χ2n) is 5.93. The first-order valence-corrected chi connectivity index (χ1v) is 7.95. The van der Waals surface area contributed by atoms with E-state index in [-0.39, 0.29) is 6.61 Å². The van der Waals surface area contributed by atoms with Gasteiger partial charge in [0.15, 0.2) is 11.5 Å². The number of benzene rings is 1. The monoisotopic (exact) mass is 309 g/mol. The second kappa shape index (κ2) is 7.81. The predicted octanol–water partition coefficient (Wildman–Crippen LogP) is 1.80. The summed E-state index contributed by atoms with van der Waals surface area (Å²) in [6.07, 6.45) is 2.16. The SMILES string of the molecule is CCOc1ccc(CN2CCC[C@@](O)(CO)CC2)cc1OC. The van der Waals surface area contributed by atoms with E-state index in [0.29, 0.717) is 19.4 Å². The van der Waals surface area contributed by atoms with Crippen LogP contribution in [0.3, 0.4) is 0 Å². The van der Waals surface area contributed by atoms with E-state index in [1.165, 1.54) is 0 Å². The summed E-state index contributed by atoms with van der Waals surface area (Å²) in [5.74, 6) is 1.51. The smallest absolute Gasteiger partial charge is 0.161 e. The van der Waals surface area contributed by atoms with Crippen molar-refractivity contribution < 1.29 is 19.7 Å². The van der Waals surface area contributed by atoms with Crippen molar-refractivity contribution in [2.45, 2.75) is 38.3 Å². The molecule has 1 aromatic carbocycles. The first kappa shape index (κ1) is 17.1. The standard InChI is InChI=1S/C17H27NO4/c1-3-22-15-6-5-14(11-16(15)21-2)12-18-9-4-7-17(20,13-19)8-10-18/h5-6,11,19-20H,3-4,7-10,12-13H2,1-2H3/t17-/m0/s1. The van der Waals surface area contributed by atoms with Crippen LogP contribution in [0.1, 0.15) is 31.7 Å². The zero-order chi connectivity index (χ0) is 16.0. The third-order valence-corrected chi connectivity index (χ3v) is 4.24. The van der Waals surface area contributed by atoms with Crippen molar-refractivity contribution in [2.24, 2.45) is 0 Å². The summed E-state index contributed by atoms with van der Waals surface area (Å²) in [6.45, 7) is 4.93. The first-order chi connectivity index (χ1) is 10.6. The number of hydrogen-bond donors (Lipinski definition) is 2. The lowest BCUT2D eigenvalue weighted by molar-refractivity contribution is -0.0255. The molecule has 1 atom stereocenters. The number of likely N-dealkylation sites (tertiary alicyclic amines) is 1. The van der Waals surface area contributed by atoms with Crippen LogP contribution in [0.25, 0.3) is 0 Å². The maximum Gasteiger partial charge on any atom is 0.161 e. The molecule has 0 bridgehead atoms. The van der Waals surface area contributed by atoms with Crippen molar-refractivity contribution >= 4 is 0 Å². The summed E-state index contributed by atoms with van der Waals surface area (Å²) in [6, 6.07) is 6.00. The van der Waals surface area contributed by atoms with Crippen LogP contribution in [0, 0.1) is 0 Å². The van der Waals surface area contributed by atoms with Gasteiger partial charge in [-0.25, -0.2) is 0 Å². The molecule has 0 unspecified atom stereocenters. The number of hydrogen-bond acceptors (Lipinski definition) is 5. The Bertz CT molecular complexity index is 480. The minimum absolute atomic E-state index is 0.155. The van der Waals surface area contributed by atoms with Crippen LogP contribution < -0.4 is 9.47 Å². The van der Waals surface area contributed by atoms with E-state index in [4.69, 9.17) is 9.47 Å². The van der Waals surface area contributed by atoms with E-state index in [1.807, 2.05) is 19.1 Å². The average Bonchev–Trinajstić information content (AvgIpc) is 2.72. The fourth-order valence-corrected chi connectivity index (χ4v) is 2.89. The summed E-state index contributed by atoms with van der Waals surface area (Å²) < 4.78 is 10.9. The van der Waals surface area contributed by atoms with Gasteiger partial charge >= 0.3 is 0 Å². The van der Waals surface area contributed by atoms with Gasteiger partial charge in [-0.05, 0) is 50.4 Å². The summed E-state index contributed by atoms with van der Waals surface area (Å²) in [4.78, 5) is 2.31. The minimum Gasteiger partial charge on any atom is -0.493 e. The zero-order valence-corrected chi connectivity index (χ0v) is 13.5. The molecule has 22 heavy (non-hydrogen) atoms. The van der Waals surface area contributed by atoms with Crippen LogP contribution in [0.15, 0.2) is 18.2 Å². The number of aliphatic hydroxyl groups is 2. The molecule has 1 aliphatic heterocycles. The lowest BCUT2D eigenvalue weighted by atomic mass is 9.96. The average molecular weight is 309 g/mol. The Kier molecular flexibility index (Phi) is 6.06. The van der Waals surface area contributed by atoms with Crippen LogP contribution >= 0.6 is 0 Å². The summed E-state index contributed by atoms with van der Waals surface area (Å²) >= 11 is 0. The van der Waals surface area contributed by atoms with E-state index in [2.05, 4.69) is 11.0 Å². The van der Waals surface area contributed by atoms with Crippen molar-refractivity contribution in [1.82, 2.24) is 4.90 Å². The van der Waals surface area contributed by atoms with Crippen LogP contribution in [0.5, 0.6) is 11.5 Å². The van der Waals surface area contributed by atoms with Gasteiger partial charge in [0.2, 0.25) is 0 Å². The molecule has 1 saturated heterocycles. The molecule has 0 aliphatic carbocycles. The largest absolute Gasteiger partial charge is 0.493 e. The minimum atomic E-state index is -0.911. The summed E-state index contributed by atoms with van der Waals surface area (Å²) in [5, 5.41) is 19.5. The van der Waals surface area contributed by atoms with Crippen molar-refractivity contribution in [3.05, 3.63) is 23.8 Å². The van der Waals surface area contributed by atoms with Crippen LogP contribution in [0.2, 0.25) is 0 Å². The highest BCUT2D eigenvalue weighted by Crippen LogP contribution is 2.29. The third-order valence-electron chi connectivity index (χ3n) is 4.24. The van der Waals surface area contributed by atoms with E-state index in [9.17, 15) is 10.2 Å². The Labute approximate surface area is 132 Å². The van der Waals surface area contributed by atoms with Crippen molar-refractivity contribution in [2.75, 3.05) is 33.4 Å².